The van der Waals surface area contributed by atoms with Crippen LogP contribution in [0.15, 0.2) is 0 Å². The minimum Gasteiger partial charge on any atom is -0.395 e. The molecule has 0 radical (unpaired) electrons. The Morgan fingerprint density at radius 3 is 3.00 bits per heavy atom. The fourth-order valence-corrected chi connectivity index (χ4v) is 3.06. The van der Waals surface area contributed by atoms with Crippen LogP contribution in [-0.2, 0) is 19.4 Å². The number of nitrogens with zero attached hydrogens (tertiary/aromatic N) is 1. The highest BCUT2D eigenvalue weighted by Gasteiger charge is 2.13. The van der Waals surface area contributed by atoms with E-state index in [-0.39, 0.29) is 6.61 Å². The SMILES string of the molecule is OCCNCc1nc2c(s1)CCCCC2. The molecule has 15 heavy (non-hydrogen) atoms. The molecule has 3 nitrogen and oxygen atoms in total. The van der Waals surface area contributed by atoms with Gasteiger partial charge in [0.2, 0.25) is 0 Å². The van der Waals surface area contributed by atoms with Crippen molar-refractivity contribution in [3.8, 4) is 0 Å². The van der Waals surface area contributed by atoms with E-state index >= 15 is 0 Å². The minimum absolute atomic E-state index is 0.199. The molecule has 0 atom stereocenters. The lowest BCUT2D eigenvalue weighted by atomic mass is 10.2. The van der Waals surface area contributed by atoms with Gasteiger partial charge in [-0.3, -0.25) is 0 Å². The van der Waals surface area contributed by atoms with Gasteiger partial charge in [0.05, 0.1) is 12.3 Å². The largest absolute Gasteiger partial charge is 0.395 e. The van der Waals surface area contributed by atoms with E-state index in [2.05, 4.69) is 10.3 Å². The average Bonchev–Trinajstić information content (AvgIpc) is 2.49. The molecule has 2 rings (SSSR count). The molecule has 0 bridgehead atoms. The van der Waals surface area contributed by atoms with Crippen LogP contribution in [0.2, 0.25) is 0 Å². The van der Waals surface area contributed by atoms with Crippen LogP contribution in [0.1, 0.15) is 34.8 Å². The van der Waals surface area contributed by atoms with Crippen LogP contribution in [0, 0.1) is 0 Å². The summed E-state index contributed by atoms with van der Waals surface area (Å²) in [5, 5.41) is 13.0. The summed E-state index contributed by atoms with van der Waals surface area (Å²) in [5.74, 6) is 0. The number of nitrogens with one attached hydrogen (secondary N) is 1. The maximum atomic E-state index is 8.66. The number of thiazole rings is 1. The van der Waals surface area contributed by atoms with Gasteiger partial charge in [-0.05, 0) is 25.7 Å². The summed E-state index contributed by atoms with van der Waals surface area (Å²) in [6.07, 6.45) is 6.33. The third-order valence-electron chi connectivity index (χ3n) is 2.70. The number of hydrogen-bond acceptors (Lipinski definition) is 4. The highest BCUT2D eigenvalue weighted by Crippen LogP contribution is 2.25. The zero-order chi connectivity index (χ0) is 10.5. The standard InChI is InChI=1S/C11H18N2OS/c14-7-6-12-8-11-13-9-4-2-1-3-5-10(9)15-11/h12,14H,1-8H2. The van der Waals surface area contributed by atoms with Gasteiger partial charge in [0.15, 0.2) is 0 Å². The second-order valence-corrected chi connectivity index (χ2v) is 5.11. The summed E-state index contributed by atoms with van der Waals surface area (Å²) >= 11 is 1.84. The first kappa shape index (κ1) is 11.0. The Kier molecular flexibility index (Phi) is 4.11. The van der Waals surface area contributed by atoms with Crippen molar-refractivity contribution in [1.29, 1.82) is 0 Å². The summed E-state index contributed by atoms with van der Waals surface area (Å²) in [7, 11) is 0. The van der Waals surface area contributed by atoms with E-state index < -0.39 is 0 Å². The van der Waals surface area contributed by atoms with Crippen molar-refractivity contribution in [3.63, 3.8) is 0 Å². The van der Waals surface area contributed by atoms with Crippen molar-refractivity contribution < 1.29 is 5.11 Å². The fraction of sp³-hybridized carbons (Fsp3) is 0.727. The molecule has 1 aliphatic carbocycles. The summed E-state index contributed by atoms with van der Waals surface area (Å²) in [5.41, 5.74) is 1.33. The topological polar surface area (TPSA) is 45.1 Å². The molecule has 1 aromatic rings. The minimum atomic E-state index is 0.199. The quantitative estimate of drug-likeness (QED) is 0.604. The number of rotatable bonds is 4. The molecule has 1 aromatic heterocycles. The lowest BCUT2D eigenvalue weighted by Gasteiger charge is -1.97. The van der Waals surface area contributed by atoms with E-state index in [1.54, 1.807) is 0 Å². The Morgan fingerprint density at radius 2 is 2.13 bits per heavy atom. The van der Waals surface area contributed by atoms with Gasteiger partial charge in [-0.25, -0.2) is 4.98 Å². The van der Waals surface area contributed by atoms with Gasteiger partial charge < -0.3 is 10.4 Å². The van der Waals surface area contributed by atoms with Gasteiger partial charge in [-0.15, -0.1) is 11.3 Å². The first-order chi connectivity index (χ1) is 7.40. The molecule has 2 N–H and O–H groups in total. The predicted octanol–water partition coefficient (Wildman–Crippen LogP) is 1.49. The van der Waals surface area contributed by atoms with Crippen molar-refractivity contribution in [2.24, 2.45) is 0 Å². The first-order valence-corrected chi connectivity index (χ1v) is 6.51. The zero-order valence-electron chi connectivity index (χ0n) is 8.96. The van der Waals surface area contributed by atoms with Crippen molar-refractivity contribution in [3.05, 3.63) is 15.6 Å². The Labute approximate surface area is 94.5 Å². The molecule has 1 heterocycles. The average molecular weight is 226 g/mol. The van der Waals surface area contributed by atoms with E-state index in [1.807, 2.05) is 11.3 Å². The van der Waals surface area contributed by atoms with Crippen LogP contribution in [0.4, 0.5) is 0 Å². The summed E-state index contributed by atoms with van der Waals surface area (Å²) in [6.45, 7) is 1.66. The highest BCUT2D eigenvalue weighted by molar-refractivity contribution is 7.11. The summed E-state index contributed by atoms with van der Waals surface area (Å²) < 4.78 is 0. The molecular weight excluding hydrogens is 208 g/mol. The Balaban J connectivity index is 1.96. The van der Waals surface area contributed by atoms with E-state index in [0.29, 0.717) is 6.54 Å². The normalized spacial score (nSPS) is 16.1. The van der Waals surface area contributed by atoms with Gasteiger partial charge in [0.25, 0.3) is 0 Å². The predicted molar refractivity (Wildman–Crippen MR) is 62.2 cm³/mol. The first-order valence-electron chi connectivity index (χ1n) is 5.69. The van der Waals surface area contributed by atoms with E-state index in [4.69, 9.17) is 5.11 Å². The number of aliphatic hydroxyl groups excluding tert-OH is 1. The van der Waals surface area contributed by atoms with Crippen LogP contribution in [-0.4, -0.2) is 23.2 Å². The molecule has 0 aliphatic heterocycles. The van der Waals surface area contributed by atoms with E-state index in [0.717, 1.165) is 13.0 Å². The number of aryl methyl sites for hydroxylation is 2. The summed E-state index contributed by atoms with van der Waals surface area (Å²) in [4.78, 5) is 6.15. The molecule has 1 aliphatic rings. The molecule has 0 saturated heterocycles. The van der Waals surface area contributed by atoms with Gasteiger partial charge in [0.1, 0.15) is 5.01 Å². The van der Waals surface area contributed by atoms with E-state index in [9.17, 15) is 0 Å². The smallest absolute Gasteiger partial charge is 0.107 e. The number of fused-ring (bicyclic) bond motifs is 1. The summed E-state index contributed by atoms with van der Waals surface area (Å²) in [6, 6.07) is 0. The number of aliphatic hydroxyl groups is 1. The zero-order valence-corrected chi connectivity index (χ0v) is 9.78. The Morgan fingerprint density at radius 1 is 1.27 bits per heavy atom. The molecule has 0 amide bonds. The van der Waals surface area contributed by atoms with Gasteiger partial charge >= 0.3 is 0 Å². The lowest BCUT2D eigenvalue weighted by molar-refractivity contribution is 0.292. The van der Waals surface area contributed by atoms with Gasteiger partial charge in [-0.1, -0.05) is 6.42 Å². The molecule has 0 aromatic carbocycles. The fourth-order valence-electron chi connectivity index (χ4n) is 1.93. The van der Waals surface area contributed by atoms with Crippen LogP contribution >= 0.6 is 11.3 Å². The third-order valence-corrected chi connectivity index (χ3v) is 3.86. The number of hydrogen-bond donors (Lipinski definition) is 2. The second-order valence-electron chi connectivity index (χ2n) is 3.94. The van der Waals surface area contributed by atoms with Gasteiger partial charge in [-0.2, -0.15) is 0 Å². The van der Waals surface area contributed by atoms with Crippen LogP contribution in [0.25, 0.3) is 0 Å². The Bertz CT molecular complexity index is 288. The highest BCUT2D eigenvalue weighted by atomic mass is 32.1. The van der Waals surface area contributed by atoms with Crippen LogP contribution < -0.4 is 5.32 Å². The van der Waals surface area contributed by atoms with Crippen LogP contribution in [0.3, 0.4) is 0 Å². The monoisotopic (exact) mass is 226 g/mol. The maximum Gasteiger partial charge on any atom is 0.107 e. The molecule has 0 fully saturated rings. The van der Waals surface area contributed by atoms with Crippen molar-refractivity contribution >= 4 is 11.3 Å². The molecule has 4 heteroatoms. The molecule has 0 unspecified atom stereocenters. The molecule has 0 spiro atoms. The van der Waals surface area contributed by atoms with Crippen molar-refractivity contribution in [2.75, 3.05) is 13.2 Å². The third kappa shape index (κ3) is 3.00. The van der Waals surface area contributed by atoms with Crippen molar-refractivity contribution in [2.45, 2.75) is 38.6 Å². The lowest BCUT2D eigenvalue weighted by Crippen LogP contribution is -2.17. The number of aromatic nitrogens is 1. The molecule has 0 saturated carbocycles. The second kappa shape index (κ2) is 5.58. The maximum absolute atomic E-state index is 8.66. The molecule has 84 valence electrons. The molecular formula is C11H18N2OS. The van der Waals surface area contributed by atoms with Crippen LogP contribution in [0.5, 0.6) is 0 Å². The Hall–Kier alpha value is -0.450. The van der Waals surface area contributed by atoms with Gasteiger partial charge in [0, 0.05) is 18.0 Å². The van der Waals surface area contributed by atoms with Crippen molar-refractivity contribution in [1.82, 2.24) is 10.3 Å². The van der Waals surface area contributed by atoms with E-state index in [1.165, 1.54) is 41.3 Å².